The fourth-order valence-corrected chi connectivity index (χ4v) is 2.60. The molecule has 0 radical (unpaired) electrons. The van der Waals surface area contributed by atoms with Crippen LogP contribution in [0.15, 0.2) is 59.0 Å². The van der Waals surface area contributed by atoms with Crippen LogP contribution in [0.3, 0.4) is 0 Å². The first-order valence-electron chi connectivity index (χ1n) is 6.94. The van der Waals surface area contributed by atoms with Crippen molar-refractivity contribution in [2.45, 2.75) is 19.3 Å². The second-order valence-corrected chi connectivity index (χ2v) is 5.77. The van der Waals surface area contributed by atoms with Crippen LogP contribution in [0.2, 0.25) is 0 Å². The lowest BCUT2D eigenvalue weighted by Crippen LogP contribution is -2.27. The monoisotopic (exact) mass is 280 g/mol. The smallest absolute Gasteiger partial charge is 0.465 e. The average Bonchev–Trinajstić information content (AvgIpc) is 2.91. The normalized spacial score (nSPS) is 11.8. The average molecular weight is 280 g/mol. The highest BCUT2D eigenvalue weighted by molar-refractivity contribution is 6.57. The molecular weight excluding hydrogens is 263 g/mol. The minimum absolute atomic E-state index is 0.134. The highest BCUT2D eigenvalue weighted by Gasteiger charge is 2.24. The SMILES string of the molecule is CC(C)(c1ccccc1)c1ccc2oc(B(O)O)cc2c1. The maximum absolute atomic E-state index is 9.19. The molecule has 0 saturated heterocycles. The molecule has 2 N–H and O–H groups in total. The minimum atomic E-state index is -1.58. The van der Waals surface area contributed by atoms with E-state index in [2.05, 4.69) is 26.0 Å². The van der Waals surface area contributed by atoms with Gasteiger partial charge in [0.25, 0.3) is 0 Å². The van der Waals surface area contributed by atoms with Crippen molar-refractivity contribution in [3.05, 3.63) is 65.7 Å². The van der Waals surface area contributed by atoms with Gasteiger partial charge in [-0.1, -0.05) is 50.2 Å². The topological polar surface area (TPSA) is 53.6 Å². The predicted molar refractivity (Wildman–Crippen MR) is 84.6 cm³/mol. The first-order chi connectivity index (χ1) is 9.98. The second kappa shape index (κ2) is 5.06. The van der Waals surface area contributed by atoms with Gasteiger partial charge in [-0.25, -0.2) is 0 Å². The van der Waals surface area contributed by atoms with Crippen molar-refractivity contribution < 1.29 is 14.5 Å². The largest absolute Gasteiger partial charge is 0.526 e. The number of hydrogen-bond donors (Lipinski definition) is 2. The molecule has 0 saturated carbocycles. The zero-order valence-corrected chi connectivity index (χ0v) is 12.1. The van der Waals surface area contributed by atoms with Crippen LogP contribution in [0.1, 0.15) is 25.0 Å². The quantitative estimate of drug-likeness (QED) is 0.724. The molecule has 21 heavy (non-hydrogen) atoms. The Morgan fingerprint density at radius 2 is 1.62 bits per heavy atom. The molecule has 0 spiro atoms. The van der Waals surface area contributed by atoms with E-state index >= 15 is 0 Å². The van der Waals surface area contributed by atoms with E-state index in [9.17, 15) is 10.0 Å². The third-order valence-corrected chi connectivity index (χ3v) is 4.01. The van der Waals surface area contributed by atoms with E-state index < -0.39 is 7.12 Å². The molecular formula is C17H17BO3. The van der Waals surface area contributed by atoms with E-state index in [1.807, 2.05) is 36.4 Å². The van der Waals surface area contributed by atoms with Crippen molar-refractivity contribution in [1.82, 2.24) is 0 Å². The molecule has 0 amide bonds. The zero-order valence-electron chi connectivity index (χ0n) is 12.1. The van der Waals surface area contributed by atoms with Crippen LogP contribution in [0.25, 0.3) is 11.0 Å². The molecule has 0 aliphatic carbocycles. The molecule has 1 heterocycles. The Balaban J connectivity index is 2.08. The Morgan fingerprint density at radius 1 is 0.905 bits per heavy atom. The van der Waals surface area contributed by atoms with Crippen molar-refractivity contribution in [3.63, 3.8) is 0 Å². The van der Waals surface area contributed by atoms with Gasteiger partial charge >= 0.3 is 7.12 Å². The van der Waals surface area contributed by atoms with Gasteiger partial charge in [0.1, 0.15) is 11.2 Å². The summed E-state index contributed by atoms with van der Waals surface area (Å²) in [7, 11) is -1.58. The van der Waals surface area contributed by atoms with Crippen molar-refractivity contribution in [3.8, 4) is 0 Å². The molecule has 1 aromatic heterocycles. The van der Waals surface area contributed by atoms with Crippen molar-refractivity contribution >= 4 is 23.7 Å². The predicted octanol–water partition coefficient (Wildman–Crippen LogP) is 2.44. The van der Waals surface area contributed by atoms with Gasteiger partial charge in [0.05, 0.1) is 0 Å². The van der Waals surface area contributed by atoms with Crippen molar-refractivity contribution in [1.29, 1.82) is 0 Å². The van der Waals surface area contributed by atoms with Gasteiger partial charge in [0, 0.05) is 10.8 Å². The molecule has 3 aromatic rings. The van der Waals surface area contributed by atoms with Gasteiger partial charge in [-0.3, -0.25) is 0 Å². The molecule has 0 fully saturated rings. The fraction of sp³-hybridized carbons (Fsp3) is 0.176. The first kappa shape index (κ1) is 13.9. The summed E-state index contributed by atoms with van der Waals surface area (Å²) >= 11 is 0. The van der Waals surface area contributed by atoms with Crippen LogP contribution in [-0.4, -0.2) is 17.2 Å². The number of fused-ring (bicyclic) bond motifs is 1. The van der Waals surface area contributed by atoms with Crippen LogP contribution in [-0.2, 0) is 5.41 Å². The molecule has 0 bridgehead atoms. The van der Waals surface area contributed by atoms with Gasteiger partial charge in [0.15, 0.2) is 0 Å². The lowest BCUT2D eigenvalue weighted by atomic mass is 9.78. The number of furan rings is 1. The van der Waals surface area contributed by atoms with E-state index in [-0.39, 0.29) is 11.1 Å². The number of benzene rings is 2. The van der Waals surface area contributed by atoms with E-state index in [0.29, 0.717) is 5.58 Å². The molecule has 4 heteroatoms. The molecule has 0 atom stereocenters. The van der Waals surface area contributed by atoms with Gasteiger partial charge in [0.2, 0.25) is 0 Å². The Kier molecular flexibility index (Phi) is 3.36. The van der Waals surface area contributed by atoms with Gasteiger partial charge in [-0.05, 0) is 29.3 Å². The first-order valence-corrected chi connectivity index (χ1v) is 6.94. The van der Waals surface area contributed by atoms with E-state index in [4.69, 9.17) is 4.42 Å². The van der Waals surface area contributed by atoms with Crippen LogP contribution >= 0.6 is 0 Å². The Hall–Kier alpha value is -2.04. The minimum Gasteiger partial charge on any atom is -0.465 e. The summed E-state index contributed by atoms with van der Waals surface area (Å²) in [6.45, 7) is 4.34. The molecule has 0 aliphatic heterocycles. The Bertz CT molecular complexity index is 760. The zero-order chi connectivity index (χ0) is 15.0. The number of rotatable bonds is 3. The molecule has 0 unspecified atom stereocenters. The summed E-state index contributed by atoms with van der Waals surface area (Å²) in [5.74, 6) is 0. The lowest BCUT2D eigenvalue weighted by molar-refractivity contribution is 0.412. The van der Waals surface area contributed by atoms with Crippen molar-refractivity contribution in [2.24, 2.45) is 0 Å². The lowest BCUT2D eigenvalue weighted by Gasteiger charge is -2.26. The second-order valence-electron chi connectivity index (χ2n) is 5.77. The molecule has 0 aliphatic rings. The summed E-state index contributed by atoms with van der Waals surface area (Å²) < 4.78 is 5.40. The summed E-state index contributed by atoms with van der Waals surface area (Å²) in [5, 5.41) is 19.3. The van der Waals surface area contributed by atoms with Crippen molar-refractivity contribution in [2.75, 3.05) is 0 Å². The van der Waals surface area contributed by atoms with Gasteiger partial charge in [-0.2, -0.15) is 0 Å². The molecule has 3 rings (SSSR count). The van der Waals surface area contributed by atoms with E-state index in [1.54, 1.807) is 6.07 Å². The van der Waals surface area contributed by atoms with Crippen LogP contribution in [0.4, 0.5) is 0 Å². The Morgan fingerprint density at radius 3 is 2.29 bits per heavy atom. The van der Waals surface area contributed by atoms with Gasteiger partial charge < -0.3 is 14.5 Å². The number of hydrogen-bond acceptors (Lipinski definition) is 3. The maximum Gasteiger partial charge on any atom is 0.526 e. The van der Waals surface area contributed by atoms with Crippen LogP contribution < -0.4 is 5.66 Å². The fourth-order valence-electron chi connectivity index (χ4n) is 2.60. The Labute approximate surface area is 124 Å². The highest BCUT2D eigenvalue weighted by Crippen LogP contribution is 2.33. The highest BCUT2D eigenvalue weighted by atomic mass is 16.4. The van der Waals surface area contributed by atoms with Gasteiger partial charge in [-0.15, -0.1) is 0 Å². The van der Waals surface area contributed by atoms with Crippen LogP contribution in [0.5, 0.6) is 0 Å². The summed E-state index contributed by atoms with van der Waals surface area (Å²) in [6, 6.07) is 17.9. The van der Waals surface area contributed by atoms with E-state index in [1.165, 1.54) is 5.56 Å². The van der Waals surface area contributed by atoms with Crippen LogP contribution in [0, 0.1) is 0 Å². The molecule has 2 aromatic carbocycles. The summed E-state index contributed by atoms with van der Waals surface area (Å²) in [6.07, 6.45) is 0. The standard InChI is InChI=1S/C17H17BO3/c1-17(2,13-6-4-3-5-7-13)14-8-9-15-12(10-14)11-16(21-15)18(19)20/h3-11,19-20H,1-2H3. The summed E-state index contributed by atoms with van der Waals surface area (Å²) in [4.78, 5) is 0. The third kappa shape index (κ3) is 2.48. The maximum atomic E-state index is 9.19. The third-order valence-electron chi connectivity index (χ3n) is 4.01. The molecule has 106 valence electrons. The summed E-state index contributed by atoms with van der Waals surface area (Å²) in [5.41, 5.74) is 3.08. The van der Waals surface area contributed by atoms with E-state index in [0.717, 1.165) is 10.9 Å². The molecule has 3 nitrogen and oxygen atoms in total.